The van der Waals surface area contributed by atoms with Gasteiger partial charge in [-0.3, -0.25) is 0 Å². The van der Waals surface area contributed by atoms with Crippen LogP contribution in [0.3, 0.4) is 0 Å². The van der Waals surface area contributed by atoms with Crippen molar-refractivity contribution < 1.29 is 5.11 Å². The molecule has 1 rings (SSSR count). The first-order valence-corrected chi connectivity index (χ1v) is 5.08. The lowest BCUT2D eigenvalue weighted by Gasteiger charge is -1.99. The highest BCUT2D eigenvalue weighted by Crippen LogP contribution is 2.22. The average Bonchev–Trinajstić information content (AvgIpc) is 2.02. The van der Waals surface area contributed by atoms with E-state index in [1.54, 1.807) is 13.0 Å². The van der Waals surface area contributed by atoms with Crippen LogP contribution in [-0.4, -0.2) is 11.2 Å². The van der Waals surface area contributed by atoms with Crippen molar-refractivity contribution in [3.63, 3.8) is 0 Å². The summed E-state index contributed by atoms with van der Waals surface area (Å²) in [5.41, 5.74) is 1.00. The van der Waals surface area contributed by atoms with E-state index in [4.69, 9.17) is 16.7 Å². The van der Waals surface area contributed by atoms with E-state index in [9.17, 15) is 0 Å². The third-order valence-electron chi connectivity index (χ3n) is 1.52. The molecule has 1 N–H and O–H groups in total. The molecule has 0 bridgehead atoms. The summed E-state index contributed by atoms with van der Waals surface area (Å²) < 4.78 is 0.928. The Bertz CT molecular complexity index is 321. The molecule has 0 spiro atoms. The van der Waals surface area contributed by atoms with Gasteiger partial charge in [-0.05, 0) is 24.6 Å². The molecule has 0 saturated carbocycles. The molecule has 1 aromatic rings. The average molecular weight is 262 g/mol. The minimum absolute atomic E-state index is 0.428. The van der Waals surface area contributed by atoms with Gasteiger partial charge in [0.05, 0.1) is 6.10 Å². The SMILES string of the molecule is CC(O)/C=C/c1ccc(Cl)cc1Br. The van der Waals surface area contributed by atoms with Crippen LogP contribution in [0.2, 0.25) is 5.02 Å². The molecular formula is C10H10BrClO. The van der Waals surface area contributed by atoms with Gasteiger partial charge in [-0.25, -0.2) is 0 Å². The van der Waals surface area contributed by atoms with Gasteiger partial charge in [0.1, 0.15) is 0 Å². The monoisotopic (exact) mass is 260 g/mol. The van der Waals surface area contributed by atoms with E-state index < -0.39 is 6.10 Å². The summed E-state index contributed by atoms with van der Waals surface area (Å²) in [6.45, 7) is 1.71. The lowest BCUT2D eigenvalue weighted by atomic mass is 10.2. The molecule has 0 aliphatic heterocycles. The Morgan fingerprint density at radius 3 is 2.77 bits per heavy atom. The van der Waals surface area contributed by atoms with Crippen molar-refractivity contribution >= 4 is 33.6 Å². The first kappa shape index (κ1) is 10.8. The summed E-state index contributed by atoms with van der Waals surface area (Å²) >= 11 is 9.16. The number of benzene rings is 1. The highest BCUT2D eigenvalue weighted by molar-refractivity contribution is 9.10. The molecule has 0 heterocycles. The fraction of sp³-hybridized carbons (Fsp3) is 0.200. The Balaban J connectivity index is 2.90. The van der Waals surface area contributed by atoms with Crippen LogP contribution in [-0.2, 0) is 0 Å². The Morgan fingerprint density at radius 2 is 2.23 bits per heavy atom. The maximum absolute atomic E-state index is 9.03. The van der Waals surface area contributed by atoms with Crippen LogP contribution in [0, 0.1) is 0 Å². The van der Waals surface area contributed by atoms with Crippen molar-refractivity contribution in [2.45, 2.75) is 13.0 Å². The molecule has 0 aliphatic rings. The Hall–Kier alpha value is -0.310. The van der Waals surface area contributed by atoms with Gasteiger partial charge in [0.25, 0.3) is 0 Å². The number of hydrogen-bond donors (Lipinski definition) is 1. The van der Waals surface area contributed by atoms with Crippen molar-refractivity contribution in [1.29, 1.82) is 0 Å². The van der Waals surface area contributed by atoms with Crippen LogP contribution in [0.25, 0.3) is 6.08 Å². The number of hydrogen-bond acceptors (Lipinski definition) is 1. The summed E-state index contributed by atoms with van der Waals surface area (Å²) in [6, 6.07) is 5.53. The van der Waals surface area contributed by atoms with Crippen LogP contribution in [0.1, 0.15) is 12.5 Å². The molecule has 1 nitrogen and oxygen atoms in total. The number of aliphatic hydroxyl groups is 1. The molecule has 0 aromatic heterocycles. The topological polar surface area (TPSA) is 20.2 Å². The van der Waals surface area contributed by atoms with Crippen molar-refractivity contribution in [3.05, 3.63) is 39.3 Å². The largest absolute Gasteiger partial charge is 0.389 e. The molecule has 0 fully saturated rings. The zero-order chi connectivity index (χ0) is 9.84. The molecule has 70 valence electrons. The summed E-state index contributed by atoms with van der Waals surface area (Å²) in [5, 5.41) is 9.73. The standard InChI is InChI=1S/C10H10BrClO/c1-7(13)2-3-8-4-5-9(12)6-10(8)11/h2-7,13H,1H3/b3-2+. The predicted octanol–water partition coefficient (Wildman–Crippen LogP) is 3.50. The Kier molecular flexibility index (Phi) is 3.97. The third-order valence-corrected chi connectivity index (χ3v) is 2.44. The molecule has 0 amide bonds. The molecule has 1 aromatic carbocycles. The molecule has 0 aliphatic carbocycles. The van der Waals surface area contributed by atoms with E-state index in [0.717, 1.165) is 10.0 Å². The van der Waals surface area contributed by atoms with Gasteiger partial charge in [0.2, 0.25) is 0 Å². The Labute approximate surface area is 91.2 Å². The van der Waals surface area contributed by atoms with Crippen LogP contribution in [0.5, 0.6) is 0 Å². The predicted molar refractivity (Wildman–Crippen MR) is 59.9 cm³/mol. The van der Waals surface area contributed by atoms with Gasteiger partial charge in [-0.15, -0.1) is 0 Å². The van der Waals surface area contributed by atoms with Crippen molar-refractivity contribution in [2.24, 2.45) is 0 Å². The summed E-state index contributed by atoms with van der Waals surface area (Å²) in [7, 11) is 0. The van der Waals surface area contributed by atoms with Crippen molar-refractivity contribution in [3.8, 4) is 0 Å². The van der Waals surface area contributed by atoms with Gasteiger partial charge < -0.3 is 5.11 Å². The van der Waals surface area contributed by atoms with Crippen LogP contribution in [0.15, 0.2) is 28.7 Å². The fourth-order valence-electron chi connectivity index (χ4n) is 0.880. The second-order valence-electron chi connectivity index (χ2n) is 2.77. The minimum Gasteiger partial charge on any atom is -0.389 e. The second kappa shape index (κ2) is 4.80. The summed E-state index contributed by atoms with van der Waals surface area (Å²) in [6.07, 6.45) is 3.14. The molecule has 0 saturated heterocycles. The van der Waals surface area contributed by atoms with E-state index in [1.165, 1.54) is 0 Å². The fourth-order valence-corrected chi connectivity index (χ4v) is 1.69. The van der Waals surface area contributed by atoms with E-state index in [-0.39, 0.29) is 0 Å². The van der Waals surface area contributed by atoms with Crippen LogP contribution in [0.4, 0.5) is 0 Å². The summed E-state index contributed by atoms with van der Waals surface area (Å²) in [5.74, 6) is 0. The smallest absolute Gasteiger partial charge is 0.0696 e. The lowest BCUT2D eigenvalue weighted by Crippen LogP contribution is -1.91. The highest BCUT2D eigenvalue weighted by atomic mass is 79.9. The van der Waals surface area contributed by atoms with Crippen molar-refractivity contribution in [1.82, 2.24) is 0 Å². The van der Waals surface area contributed by atoms with E-state index >= 15 is 0 Å². The third kappa shape index (κ3) is 3.51. The molecule has 1 atom stereocenters. The molecule has 13 heavy (non-hydrogen) atoms. The van der Waals surface area contributed by atoms with Gasteiger partial charge in [0, 0.05) is 9.50 Å². The van der Waals surface area contributed by atoms with Gasteiger partial charge in [0.15, 0.2) is 0 Å². The minimum atomic E-state index is -0.428. The Morgan fingerprint density at radius 1 is 1.54 bits per heavy atom. The van der Waals surface area contributed by atoms with Gasteiger partial charge in [-0.1, -0.05) is 45.7 Å². The maximum atomic E-state index is 9.03. The quantitative estimate of drug-likeness (QED) is 0.864. The van der Waals surface area contributed by atoms with Crippen LogP contribution >= 0.6 is 27.5 Å². The van der Waals surface area contributed by atoms with Gasteiger partial charge in [-0.2, -0.15) is 0 Å². The first-order chi connectivity index (χ1) is 6.09. The van der Waals surface area contributed by atoms with Crippen molar-refractivity contribution in [2.75, 3.05) is 0 Å². The lowest BCUT2D eigenvalue weighted by molar-refractivity contribution is 0.245. The summed E-state index contributed by atoms with van der Waals surface area (Å²) in [4.78, 5) is 0. The first-order valence-electron chi connectivity index (χ1n) is 3.91. The maximum Gasteiger partial charge on any atom is 0.0696 e. The second-order valence-corrected chi connectivity index (χ2v) is 4.06. The molecule has 3 heteroatoms. The number of aliphatic hydroxyl groups excluding tert-OH is 1. The molecular weight excluding hydrogens is 251 g/mol. The molecule has 0 radical (unpaired) electrons. The van der Waals surface area contributed by atoms with Gasteiger partial charge >= 0.3 is 0 Å². The van der Waals surface area contributed by atoms with E-state index in [0.29, 0.717) is 5.02 Å². The number of rotatable bonds is 2. The van der Waals surface area contributed by atoms with E-state index in [2.05, 4.69) is 15.9 Å². The van der Waals surface area contributed by atoms with Crippen LogP contribution < -0.4 is 0 Å². The normalized spacial score (nSPS) is 13.5. The highest BCUT2D eigenvalue weighted by Gasteiger charge is 1.96. The number of halogens is 2. The molecule has 1 unspecified atom stereocenters. The van der Waals surface area contributed by atoms with E-state index in [1.807, 2.05) is 24.3 Å². The zero-order valence-electron chi connectivity index (χ0n) is 7.17. The zero-order valence-corrected chi connectivity index (χ0v) is 9.51.